The molecule has 2 heterocycles. The molecule has 0 aliphatic carbocycles. The maximum atomic E-state index is 12.6. The lowest BCUT2D eigenvalue weighted by atomic mass is 10.2. The first-order valence-corrected chi connectivity index (χ1v) is 15.8. The van der Waals surface area contributed by atoms with Crippen molar-refractivity contribution in [3.63, 3.8) is 0 Å². The van der Waals surface area contributed by atoms with E-state index in [-0.39, 0.29) is 17.5 Å². The molecule has 6 rings (SSSR count). The van der Waals surface area contributed by atoms with E-state index in [0.717, 1.165) is 10.3 Å². The quantitative estimate of drug-likeness (QED) is 0.102. The highest BCUT2D eigenvalue weighted by Gasteiger charge is 2.25. The monoisotopic (exact) mass is 657 g/mol. The lowest BCUT2D eigenvalue weighted by Gasteiger charge is -2.05. The molecule has 0 radical (unpaired) electrons. The number of carbonyl (C=O) groups is 2. The molecular weight excluding hydrogens is 638 g/mol. The molecule has 13 heteroatoms. The van der Waals surface area contributed by atoms with Crippen molar-refractivity contribution >= 4 is 96.8 Å². The summed E-state index contributed by atoms with van der Waals surface area (Å²) in [6, 6.07) is 24.4. The summed E-state index contributed by atoms with van der Waals surface area (Å²) in [6.45, 7) is 1.98. The van der Waals surface area contributed by atoms with Crippen molar-refractivity contribution in [2.45, 2.75) is 16.2 Å². The van der Waals surface area contributed by atoms with E-state index in [2.05, 4.69) is 20.6 Å². The number of amides is 2. The van der Waals surface area contributed by atoms with Crippen LogP contribution in [0, 0.1) is 17.0 Å². The Kier molecular flexibility index (Phi) is 8.49. The van der Waals surface area contributed by atoms with Crippen molar-refractivity contribution < 1.29 is 14.5 Å². The third kappa shape index (κ3) is 6.84. The highest BCUT2D eigenvalue weighted by molar-refractivity contribution is 8.18. The van der Waals surface area contributed by atoms with E-state index in [9.17, 15) is 19.7 Å². The summed E-state index contributed by atoms with van der Waals surface area (Å²) in [7, 11) is 0. The van der Waals surface area contributed by atoms with Crippen LogP contribution in [0.1, 0.15) is 21.5 Å². The molecule has 9 nitrogen and oxygen atoms in total. The van der Waals surface area contributed by atoms with Gasteiger partial charge >= 0.3 is 0 Å². The Bertz CT molecular complexity index is 2010. The standard InChI is InChI=1S/C31H20ClN5O4S3/c1-17-2-9-21(10-3-17)34-30-36-29(39)27(42-30)15-18-4-13-25(24(14-18)37(40)41)43-31-35-23-12-11-22(16-26(23)44-31)33-28(38)19-5-7-20(32)8-6-19/h2-16H,1H3,(H,33,38)(H,34,36,39)/b27-15-. The van der Waals surface area contributed by atoms with Gasteiger partial charge in [-0.3, -0.25) is 19.7 Å². The first-order chi connectivity index (χ1) is 21.2. The van der Waals surface area contributed by atoms with Gasteiger partial charge in [0.15, 0.2) is 9.51 Å². The van der Waals surface area contributed by atoms with Crippen LogP contribution in [-0.2, 0) is 4.79 Å². The van der Waals surface area contributed by atoms with Crippen LogP contribution in [0.2, 0.25) is 5.02 Å². The molecule has 4 aromatic carbocycles. The Morgan fingerprint density at radius 3 is 2.59 bits per heavy atom. The number of thiazole rings is 1. The number of nitrogens with one attached hydrogen (secondary N) is 2. The van der Waals surface area contributed by atoms with Crippen molar-refractivity contribution in [3.8, 4) is 0 Å². The molecule has 0 bridgehead atoms. The maximum absolute atomic E-state index is 12.6. The first-order valence-electron chi connectivity index (χ1n) is 13.0. The Hall–Kier alpha value is -4.49. The number of halogens is 1. The second-order valence-electron chi connectivity index (χ2n) is 9.53. The van der Waals surface area contributed by atoms with Gasteiger partial charge in [-0.1, -0.05) is 47.1 Å². The summed E-state index contributed by atoms with van der Waals surface area (Å²) in [5.74, 6) is -0.589. The number of aromatic nitrogens is 1. The minimum absolute atomic E-state index is 0.100. The van der Waals surface area contributed by atoms with E-state index >= 15 is 0 Å². The molecule has 218 valence electrons. The number of carbonyl (C=O) groups excluding carboxylic acids is 2. The molecule has 2 amide bonds. The summed E-state index contributed by atoms with van der Waals surface area (Å²) in [4.78, 5) is 46.6. The molecule has 2 N–H and O–H groups in total. The summed E-state index contributed by atoms with van der Waals surface area (Å²) in [5, 5.41) is 18.6. The van der Waals surface area contributed by atoms with Gasteiger partial charge in [-0.15, -0.1) is 11.3 Å². The number of aliphatic imine (C=N–C) groups is 1. The van der Waals surface area contributed by atoms with Gasteiger partial charge in [-0.2, -0.15) is 0 Å². The highest BCUT2D eigenvalue weighted by Crippen LogP contribution is 2.40. The van der Waals surface area contributed by atoms with Gasteiger partial charge in [0.1, 0.15) is 0 Å². The number of benzene rings is 4. The van der Waals surface area contributed by atoms with Gasteiger partial charge in [0.25, 0.3) is 17.5 Å². The number of aryl methyl sites for hydroxylation is 1. The largest absolute Gasteiger partial charge is 0.322 e. The molecular formula is C31H20ClN5O4S3. The lowest BCUT2D eigenvalue weighted by Crippen LogP contribution is -2.19. The molecule has 0 atom stereocenters. The molecule has 1 aliphatic heterocycles. The molecule has 1 fully saturated rings. The van der Waals surface area contributed by atoms with Crippen LogP contribution in [-0.4, -0.2) is 26.9 Å². The number of thioether (sulfide) groups is 1. The zero-order chi connectivity index (χ0) is 30.8. The van der Waals surface area contributed by atoms with E-state index < -0.39 is 4.92 Å². The van der Waals surface area contributed by atoms with Crippen LogP contribution in [0.25, 0.3) is 16.3 Å². The van der Waals surface area contributed by atoms with Gasteiger partial charge in [0, 0.05) is 22.3 Å². The maximum Gasteiger partial charge on any atom is 0.283 e. The van der Waals surface area contributed by atoms with Gasteiger partial charge in [0.2, 0.25) is 0 Å². The smallest absolute Gasteiger partial charge is 0.283 e. The van der Waals surface area contributed by atoms with E-state index in [1.165, 1.54) is 40.9 Å². The first kappa shape index (κ1) is 29.6. The van der Waals surface area contributed by atoms with Crippen molar-refractivity contribution in [2.24, 2.45) is 4.99 Å². The normalized spacial score (nSPS) is 14.7. The fourth-order valence-electron chi connectivity index (χ4n) is 4.15. The molecule has 1 aliphatic rings. The molecule has 0 saturated carbocycles. The number of nitro groups is 1. The number of anilines is 1. The minimum atomic E-state index is -0.450. The van der Waals surface area contributed by atoms with E-state index in [4.69, 9.17) is 11.6 Å². The van der Waals surface area contributed by atoms with Crippen LogP contribution >= 0.6 is 46.5 Å². The van der Waals surface area contributed by atoms with Crippen LogP contribution in [0.3, 0.4) is 0 Å². The highest BCUT2D eigenvalue weighted by atomic mass is 35.5. The number of nitro benzene ring substituents is 1. The molecule has 1 saturated heterocycles. The van der Waals surface area contributed by atoms with E-state index in [1.54, 1.807) is 54.6 Å². The summed E-state index contributed by atoms with van der Waals surface area (Å²) in [6.07, 6.45) is 1.61. The number of rotatable bonds is 7. The van der Waals surface area contributed by atoms with Crippen LogP contribution in [0.5, 0.6) is 0 Å². The Labute approximate surface area is 268 Å². The predicted octanol–water partition coefficient (Wildman–Crippen LogP) is 8.46. The second-order valence-corrected chi connectivity index (χ2v) is 13.3. The van der Waals surface area contributed by atoms with Crippen molar-refractivity contribution in [1.82, 2.24) is 10.3 Å². The minimum Gasteiger partial charge on any atom is -0.322 e. The zero-order valence-electron chi connectivity index (χ0n) is 22.7. The third-order valence-electron chi connectivity index (χ3n) is 6.32. The Morgan fingerprint density at radius 2 is 1.84 bits per heavy atom. The average molecular weight is 658 g/mol. The van der Waals surface area contributed by atoms with Crippen molar-refractivity contribution in [3.05, 3.63) is 122 Å². The topological polar surface area (TPSA) is 127 Å². The van der Waals surface area contributed by atoms with Crippen LogP contribution < -0.4 is 10.6 Å². The number of hydrogen-bond acceptors (Lipinski definition) is 9. The van der Waals surface area contributed by atoms with Crippen molar-refractivity contribution in [2.75, 3.05) is 5.32 Å². The number of fused-ring (bicyclic) bond motifs is 1. The zero-order valence-corrected chi connectivity index (χ0v) is 25.9. The Balaban J connectivity index is 1.19. The lowest BCUT2D eigenvalue weighted by molar-refractivity contribution is -0.387. The van der Waals surface area contributed by atoms with Crippen LogP contribution in [0.15, 0.2) is 104 Å². The number of hydrogen-bond donors (Lipinski definition) is 2. The molecule has 44 heavy (non-hydrogen) atoms. The number of nitrogens with zero attached hydrogens (tertiary/aromatic N) is 3. The molecule has 0 unspecified atom stereocenters. The summed E-state index contributed by atoms with van der Waals surface area (Å²) in [5.41, 5.74) is 4.02. The SMILES string of the molecule is Cc1ccc(N=C2NC(=O)/C(=C/c3ccc(Sc4nc5ccc(NC(=O)c6ccc(Cl)cc6)cc5s4)c([N+](=O)[O-])c3)S2)cc1. The van der Waals surface area contributed by atoms with Gasteiger partial charge in [0.05, 0.1) is 30.6 Å². The second kappa shape index (κ2) is 12.6. The summed E-state index contributed by atoms with van der Waals surface area (Å²) >= 11 is 9.63. The fourth-order valence-corrected chi connectivity index (χ4v) is 7.26. The third-order valence-corrected chi connectivity index (χ3v) is 9.63. The van der Waals surface area contributed by atoms with E-state index in [1.807, 2.05) is 37.3 Å². The Morgan fingerprint density at radius 1 is 1.07 bits per heavy atom. The van der Waals surface area contributed by atoms with Crippen molar-refractivity contribution in [1.29, 1.82) is 0 Å². The average Bonchev–Trinajstić information content (AvgIpc) is 3.56. The number of amidine groups is 1. The predicted molar refractivity (Wildman–Crippen MR) is 178 cm³/mol. The molecule has 1 aromatic heterocycles. The summed E-state index contributed by atoms with van der Waals surface area (Å²) < 4.78 is 1.43. The van der Waals surface area contributed by atoms with Gasteiger partial charge in [-0.05, 0) is 91.0 Å². The molecule has 0 spiro atoms. The van der Waals surface area contributed by atoms with Gasteiger partial charge < -0.3 is 10.6 Å². The van der Waals surface area contributed by atoms with E-state index in [0.29, 0.717) is 52.3 Å². The fraction of sp³-hybridized carbons (Fsp3) is 0.0323. The molecule has 5 aromatic rings. The van der Waals surface area contributed by atoms with Crippen LogP contribution in [0.4, 0.5) is 17.1 Å². The van der Waals surface area contributed by atoms with Gasteiger partial charge in [-0.25, -0.2) is 9.98 Å².